The van der Waals surface area contributed by atoms with E-state index >= 15 is 0 Å². The van der Waals surface area contributed by atoms with Gasteiger partial charge in [0.25, 0.3) is 0 Å². The number of carbonyl (C=O) groups is 2. The van der Waals surface area contributed by atoms with E-state index in [0.717, 1.165) is 19.3 Å². The molecule has 0 atom stereocenters. The van der Waals surface area contributed by atoms with Gasteiger partial charge in [0.1, 0.15) is 0 Å². The van der Waals surface area contributed by atoms with Crippen LogP contribution in [0.4, 0.5) is 0 Å². The summed E-state index contributed by atoms with van der Waals surface area (Å²) in [6, 6.07) is 4.61. The van der Waals surface area contributed by atoms with Crippen LogP contribution in [0.3, 0.4) is 0 Å². The Bertz CT molecular complexity index is 627. The Morgan fingerprint density at radius 2 is 1.50 bits per heavy atom. The van der Waals surface area contributed by atoms with E-state index in [1.54, 1.807) is 26.0 Å². The number of rotatable bonds is 13. The van der Waals surface area contributed by atoms with Crippen LogP contribution in [0.25, 0.3) is 0 Å². The average molecular weight is 431 g/mol. The van der Waals surface area contributed by atoms with Gasteiger partial charge in [0.15, 0.2) is 11.2 Å². The van der Waals surface area contributed by atoms with Gasteiger partial charge in [-0.25, -0.2) is 0 Å². The van der Waals surface area contributed by atoms with Crippen LogP contribution in [0.1, 0.15) is 78.6 Å². The Labute approximate surface area is 178 Å². The van der Waals surface area contributed by atoms with Crippen LogP contribution in [-0.2, 0) is 14.3 Å². The second kappa shape index (κ2) is 13.1. The third kappa shape index (κ3) is 7.29. The minimum Gasteiger partial charge on any atom is -0.465 e. The lowest BCUT2D eigenvalue weighted by molar-refractivity contribution is -0.168. The zero-order chi connectivity index (χ0) is 21.0. The first-order chi connectivity index (χ1) is 13.4. The number of carbonyl (C=O) groups excluding carboxylic acids is 2. The van der Waals surface area contributed by atoms with Crippen molar-refractivity contribution in [3.05, 3.63) is 28.2 Å². The van der Waals surface area contributed by atoms with E-state index in [2.05, 4.69) is 6.92 Å². The molecule has 0 radical (unpaired) electrons. The van der Waals surface area contributed by atoms with Crippen molar-refractivity contribution in [2.75, 3.05) is 6.61 Å². The van der Waals surface area contributed by atoms with E-state index in [4.69, 9.17) is 32.7 Å². The molecule has 1 rings (SSSR count). The normalized spacial score (nSPS) is 11.3. The maximum absolute atomic E-state index is 12.8. The summed E-state index contributed by atoms with van der Waals surface area (Å²) >= 11 is 12.0. The molecule has 0 N–H and O–H groups in total. The molecule has 28 heavy (non-hydrogen) atoms. The fourth-order valence-electron chi connectivity index (χ4n) is 3.03. The summed E-state index contributed by atoms with van der Waals surface area (Å²) in [4.78, 5) is 25.5. The van der Waals surface area contributed by atoms with Crippen molar-refractivity contribution in [1.82, 2.24) is 0 Å². The van der Waals surface area contributed by atoms with Gasteiger partial charge in [0.2, 0.25) is 0 Å². The summed E-state index contributed by atoms with van der Waals surface area (Å²) in [6.07, 6.45) is 8.49. The van der Waals surface area contributed by atoms with Crippen LogP contribution < -0.4 is 4.74 Å². The van der Waals surface area contributed by atoms with Gasteiger partial charge in [-0.15, -0.1) is 0 Å². The van der Waals surface area contributed by atoms with Gasteiger partial charge in [-0.3, -0.25) is 9.59 Å². The molecular formula is C22H32Cl2O4. The summed E-state index contributed by atoms with van der Waals surface area (Å²) in [7, 11) is 0. The zero-order valence-corrected chi connectivity index (χ0v) is 18.7. The van der Waals surface area contributed by atoms with E-state index in [-0.39, 0.29) is 23.6 Å². The van der Waals surface area contributed by atoms with E-state index in [0.29, 0.717) is 11.6 Å². The van der Waals surface area contributed by atoms with Crippen molar-refractivity contribution in [3.8, 4) is 5.75 Å². The highest BCUT2D eigenvalue weighted by Gasteiger charge is 2.46. The molecule has 0 aliphatic carbocycles. The largest absolute Gasteiger partial charge is 0.465 e. The summed E-state index contributed by atoms with van der Waals surface area (Å²) in [6.45, 7) is 6.07. The van der Waals surface area contributed by atoms with Crippen LogP contribution in [0.2, 0.25) is 10.0 Å². The molecular weight excluding hydrogens is 399 g/mol. The van der Waals surface area contributed by atoms with Crippen LogP contribution in [0.5, 0.6) is 5.75 Å². The van der Waals surface area contributed by atoms with Gasteiger partial charge in [-0.05, 0) is 31.4 Å². The Morgan fingerprint density at radius 1 is 0.893 bits per heavy atom. The highest BCUT2D eigenvalue weighted by atomic mass is 35.5. The van der Waals surface area contributed by atoms with Crippen LogP contribution in [0, 0.1) is 5.41 Å². The molecule has 0 aliphatic rings. The van der Waals surface area contributed by atoms with E-state index in [9.17, 15) is 9.59 Å². The molecule has 0 saturated heterocycles. The minimum atomic E-state index is -1.34. The first-order valence-corrected chi connectivity index (χ1v) is 11.0. The minimum absolute atomic E-state index is 0.144. The lowest BCUT2D eigenvalue weighted by Crippen LogP contribution is -2.42. The fourth-order valence-corrected chi connectivity index (χ4v) is 3.34. The number of esters is 2. The predicted molar refractivity (Wildman–Crippen MR) is 114 cm³/mol. The number of hydrogen-bond donors (Lipinski definition) is 0. The summed E-state index contributed by atoms with van der Waals surface area (Å²) in [5, 5.41) is 0.655. The molecule has 1 aromatic carbocycles. The predicted octanol–water partition coefficient (Wildman–Crippen LogP) is 7.00. The third-order valence-electron chi connectivity index (χ3n) is 5.07. The molecule has 158 valence electrons. The SMILES string of the molecule is CCCCCCCCCOC(=O)C(CC)(CC)C(=O)Oc1cc(Cl)ccc1Cl. The molecule has 0 spiro atoms. The van der Waals surface area contributed by atoms with Crippen LogP contribution in [-0.4, -0.2) is 18.5 Å². The molecule has 0 aromatic heterocycles. The second-order valence-corrected chi connectivity index (χ2v) is 7.85. The van der Waals surface area contributed by atoms with Crippen LogP contribution in [0.15, 0.2) is 18.2 Å². The number of hydrogen-bond acceptors (Lipinski definition) is 4. The second-order valence-electron chi connectivity index (χ2n) is 7.01. The standard InChI is InChI=1S/C22H32Cl2O4/c1-4-7-8-9-10-11-12-15-27-20(25)22(5-2,6-3)21(26)28-19-16-17(23)13-14-18(19)24/h13-14,16H,4-12,15H2,1-3H3. The van der Waals surface area contributed by atoms with Gasteiger partial charge in [-0.2, -0.15) is 0 Å². The first kappa shape index (κ1) is 24.8. The molecule has 0 unspecified atom stereocenters. The summed E-state index contributed by atoms with van der Waals surface area (Å²) in [5.41, 5.74) is -1.34. The van der Waals surface area contributed by atoms with Gasteiger partial charge in [-0.1, -0.05) is 82.5 Å². The quantitative estimate of drug-likeness (QED) is 0.146. The highest BCUT2D eigenvalue weighted by Crippen LogP contribution is 2.34. The van der Waals surface area contributed by atoms with Crippen LogP contribution >= 0.6 is 23.2 Å². The lowest BCUT2D eigenvalue weighted by Gasteiger charge is -2.27. The van der Waals surface area contributed by atoms with Crippen molar-refractivity contribution < 1.29 is 19.1 Å². The van der Waals surface area contributed by atoms with Crippen molar-refractivity contribution in [2.45, 2.75) is 78.6 Å². The van der Waals surface area contributed by atoms with E-state index in [1.165, 1.54) is 31.7 Å². The summed E-state index contributed by atoms with van der Waals surface area (Å²) in [5.74, 6) is -1.05. The van der Waals surface area contributed by atoms with E-state index in [1.807, 2.05) is 0 Å². The molecule has 0 fully saturated rings. The zero-order valence-electron chi connectivity index (χ0n) is 17.2. The number of halogens is 2. The molecule has 1 aromatic rings. The van der Waals surface area contributed by atoms with Gasteiger partial charge < -0.3 is 9.47 Å². The molecule has 0 amide bonds. The Balaban J connectivity index is 2.61. The average Bonchev–Trinajstić information content (AvgIpc) is 2.68. The van der Waals surface area contributed by atoms with Crippen molar-refractivity contribution in [3.63, 3.8) is 0 Å². The molecule has 4 nitrogen and oxygen atoms in total. The Kier molecular flexibility index (Phi) is 11.6. The highest BCUT2D eigenvalue weighted by molar-refractivity contribution is 6.34. The first-order valence-electron chi connectivity index (χ1n) is 10.3. The van der Waals surface area contributed by atoms with Crippen molar-refractivity contribution in [1.29, 1.82) is 0 Å². The molecule has 0 saturated carbocycles. The van der Waals surface area contributed by atoms with E-state index < -0.39 is 17.4 Å². The fraction of sp³-hybridized carbons (Fsp3) is 0.636. The summed E-state index contributed by atoms with van der Waals surface area (Å²) < 4.78 is 10.9. The number of ether oxygens (including phenoxy) is 2. The molecule has 0 bridgehead atoms. The Hall–Kier alpha value is -1.26. The Morgan fingerprint density at radius 3 is 2.11 bits per heavy atom. The third-order valence-corrected chi connectivity index (χ3v) is 5.61. The topological polar surface area (TPSA) is 52.6 Å². The maximum Gasteiger partial charge on any atom is 0.328 e. The monoisotopic (exact) mass is 430 g/mol. The molecule has 6 heteroatoms. The number of benzene rings is 1. The molecule has 0 aliphatic heterocycles. The van der Waals surface area contributed by atoms with Gasteiger partial charge in [0.05, 0.1) is 11.6 Å². The molecule has 0 heterocycles. The lowest BCUT2D eigenvalue weighted by atomic mass is 9.82. The van der Waals surface area contributed by atoms with Gasteiger partial charge in [0, 0.05) is 11.1 Å². The smallest absolute Gasteiger partial charge is 0.328 e. The number of unbranched alkanes of at least 4 members (excludes halogenated alkanes) is 6. The van der Waals surface area contributed by atoms with Gasteiger partial charge >= 0.3 is 11.9 Å². The van der Waals surface area contributed by atoms with Crippen molar-refractivity contribution >= 4 is 35.1 Å². The maximum atomic E-state index is 12.8. The van der Waals surface area contributed by atoms with Crippen molar-refractivity contribution in [2.24, 2.45) is 5.41 Å².